The number of likely N-dealkylation sites (tertiary alicyclic amines) is 1. The molecule has 7 nitrogen and oxygen atoms in total. The van der Waals surface area contributed by atoms with Crippen molar-refractivity contribution in [3.8, 4) is 0 Å². The van der Waals surface area contributed by atoms with E-state index in [1.54, 1.807) is 31.2 Å². The van der Waals surface area contributed by atoms with Crippen LogP contribution in [0, 0.1) is 18.8 Å². The van der Waals surface area contributed by atoms with Crippen LogP contribution in [0.5, 0.6) is 0 Å². The first-order valence-electron chi connectivity index (χ1n) is 9.13. The van der Waals surface area contributed by atoms with Gasteiger partial charge in [-0.3, -0.25) is 9.59 Å². The molecule has 2 fully saturated rings. The van der Waals surface area contributed by atoms with Crippen LogP contribution in [0.3, 0.4) is 0 Å². The minimum absolute atomic E-state index is 0.0226. The van der Waals surface area contributed by atoms with Gasteiger partial charge in [0.25, 0.3) is 5.91 Å². The molecule has 2 heterocycles. The Kier molecular flexibility index (Phi) is 4.86. The second-order valence-corrected chi connectivity index (χ2v) is 7.80. The number of amides is 2. The lowest BCUT2D eigenvalue weighted by molar-refractivity contribution is -0.121. The standard InChI is InChI=1S/C19H21ClN4O3/c1-11-16(23-27-22-11)8-18(25)21-17-10-24(9-15(17)12-2-3-12)19(26)13-4-6-14(20)7-5-13/h4-7,12,15,17H,2-3,8-10H2,1H3,(H,21,25)/t15-,17+/m0/s1. The first-order valence-corrected chi connectivity index (χ1v) is 9.51. The number of benzene rings is 1. The molecule has 1 N–H and O–H groups in total. The van der Waals surface area contributed by atoms with Crippen molar-refractivity contribution < 1.29 is 14.2 Å². The Bertz CT molecular complexity index is 847. The van der Waals surface area contributed by atoms with Crippen molar-refractivity contribution in [2.45, 2.75) is 32.2 Å². The predicted molar refractivity (Wildman–Crippen MR) is 98.2 cm³/mol. The van der Waals surface area contributed by atoms with Gasteiger partial charge in [-0.15, -0.1) is 0 Å². The van der Waals surface area contributed by atoms with Crippen LogP contribution in [0.4, 0.5) is 0 Å². The molecule has 2 amide bonds. The number of carbonyl (C=O) groups excluding carboxylic acids is 2. The summed E-state index contributed by atoms with van der Waals surface area (Å²) in [6.45, 7) is 2.94. The van der Waals surface area contributed by atoms with E-state index in [2.05, 4.69) is 20.3 Å². The average molecular weight is 389 g/mol. The highest BCUT2D eigenvalue weighted by atomic mass is 35.5. The van der Waals surface area contributed by atoms with Crippen LogP contribution in [0.2, 0.25) is 5.02 Å². The molecular weight excluding hydrogens is 368 g/mol. The molecule has 1 saturated carbocycles. The van der Waals surface area contributed by atoms with Gasteiger partial charge in [-0.05, 0) is 49.9 Å². The number of rotatable bonds is 5. The smallest absolute Gasteiger partial charge is 0.253 e. The van der Waals surface area contributed by atoms with Crippen molar-refractivity contribution in [1.82, 2.24) is 20.5 Å². The fourth-order valence-corrected chi connectivity index (χ4v) is 3.87. The molecule has 1 aromatic heterocycles. The molecule has 2 aromatic rings. The Morgan fingerprint density at radius 3 is 2.59 bits per heavy atom. The van der Waals surface area contributed by atoms with E-state index >= 15 is 0 Å². The highest BCUT2D eigenvalue weighted by Gasteiger charge is 2.44. The van der Waals surface area contributed by atoms with E-state index in [0.717, 1.165) is 12.8 Å². The maximum atomic E-state index is 12.8. The Morgan fingerprint density at radius 2 is 1.96 bits per heavy atom. The Morgan fingerprint density at radius 1 is 1.22 bits per heavy atom. The van der Waals surface area contributed by atoms with Gasteiger partial charge in [0.15, 0.2) is 0 Å². The minimum atomic E-state index is -0.120. The van der Waals surface area contributed by atoms with E-state index in [9.17, 15) is 9.59 Å². The van der Waals surface area contributed by atoms with Crippen LogP contribution in [-0.4, -0.2) is 46.2 Å². The van der Waals surface area contributed by atoms with Crippen molar-refractivity contribution in [3.05, 3.63) is 46.2 Å². The van der Waals surface area contributed by atoms with Crippen LogP contribution in [0.25, 0.3) is 0 Å². The molecular formula is C19H21ClN4O3. The van der Waals surface area contributed by atoms with Crippen molar-refractivity contribution >= 4 is 23.4 Å². The van der Waals surface area contributed by atoms with Crippen LogP contribution in [0.15, 0.2) is 28.9 Å². The summed E-state index contributed by atoms with van der Waals surface area (Å²) >= 11 is 5.91. The van der Waals surface area contributed by atoms with Gasteiger partial charge in [0.2, 0.25) is 5.91 Å². The maximum absolute atomic E-state index is 12.8. The molecule has 1 saturated heterocycles. The first kappa shape index (κ1) is 18.0. The highest BCUT2D eigenvalue weighted by molar-refractivity contribution is 6.30. The summed E-state index contributed by atoms with van der Waals surface area (Å²) in [7, 11) is 0. The van der Waals surface area contributed by atoms with E-state index in [4.69, 9.17) is 11.6 Å². The molecule has 8 heteroatoms. The number of nitrogens with zero attached hydrogens (tertiary/aromatic N) is 3. The molecule has 0 bridgehead atoms. The van der Waals surface area contributed by atoms with Gasteiger partial charge in [-0.1, -0.05) is 21.9 Å². The van der Waals surface area contributed by atoms with E-state index in [-0.39, 0.29) is 24.3 Å². The fourth-order valence-electron chi connectivity index (χ4n) is 3.74. The topological polar surface area (TPSA) is 88.3 Å². The van der Waals surface area contributed by atoms with Crippen LogP contribution in [0.1, 0.15) is 34.6 Å². The lowest BCUT2D eigenvalue weighted by Crippen LogP contribution is -2.42. The van der Waals surface area contributed by atoms with Crippen LogP contribution >= 0.6 is 11.6 Å². The highest BCUT2D eigenvalue weighted by Crippen LogP contribution is 2.41. The van der Waals surface area contributed by atoms with Gasteiger partial charge in [0.05, 0.1) is 12.5 Å². The van der Waals surface area contributed by atoms with E-state index in [0.29, 0.717) is 46.9 Å². The number of halogens is 1. The number of nitrogens with one attached hydrogen (secondary N) is 1. The quantitative estimate of drug-likeness (QED) is 0.848. The number of hydrogen-bond donors (Lipinski definition) is 1. The zero-order valence-electron chi connectivity index (χ0n) is 15.0. The van der Waals surface area contributed by atoms with E-state index < -0.39 is 0 Å². The molecule has 1 aliphatic carbocycles. The number of hydrogen-bond acceptors (Lipinski definition) is 5. The molecule has 2 aliphatic rings. The average Bonchev–Trinajstić information content (AvgIpc) is 3.29. The summed E-state index contributed by atoms with van der Waals surface area (Å²) in [6, 6.07) is 6.88. The number of aromatic nitrogens is 2. The molecule has 0 spiro atoms. The lowest BCUT2D eigenvalue weighted by Gasteiger charge is -2.18. The number of carbonyl (C=O) groups is 2. The molecule has 142 valence electrons. The normalized spacial score (nSPS) is 22.1. The minimum Gasteiger partial charge on any atom is -0.351 e. The van der Waals surface area contributed by atoms with E-state index in [1.807, 2.05) is 4.90 Å². The van der Waals surface area contributed by atoms with Crippen molar-refractivity contribution in [1.29, 1.82) is 0 Å². The van der Waals surface area contributed by atoms with Gasteiger partial charge < -0.3 is 10.2 Å². The SMILES string of the molecule is Cc1nonc1CC(=O)N[C@@H]1CN(C(=O)c2ccc(Cl)cc2)C[C@H]1C1CC1. The summed E-state index contributed by atoms with van der Waals surface area (Å²) in [5.74, 6) is 0.728. The summed E-state index contributed by atoms with van der Waals surface area (Å²) in [4.78, 5) is 27.1. The molecule has 1 aliphatic heterocycles. The Hall–Kier alpha value is -2.41. The van der Waals surface area contributed by atoms with Crippen molar-refractivity contribution in [3.63, 3.8) is 0 Å². The predicted octanol–water partition coefficient (Wildman–Crippen LogP) is 2.24. The van der Waals surface area contributed by atoms with Gasteiger partial charge in [0, 0.05) is 29.6 Å². The van der Waals surface area contributed by atoms with Gasteiger partial charge >= 0.3 is 0 Å². The largest absolute Gasteiger partial charge is 0.351 e. The molecule has 27 heavy (non-hydrogen) atoms. The second-order valence-electron chi connectivity index (χ2n) is 7.37. The Labute approximate surface area is 162 Å². The van der Waals surface area contributed by atoms with Crippen molar-refractivity contribution in [2.24, 2.45) is 11.8 Å². The molecule has 2 atom stereocenters. The number of aryl methyl sites for hydroxylation is 1. The van der Waals surface area contributed by atoms with Crippen LogP contribution in [-0.2, 0) is 11.2 Å². The maximum Gasteiger partial charge on any atom is 0.253 e. The summed E-state index contributed by atoms with van der Waals surface area (Å²) in [5, 5.41) is 11.2. The van der Waals surface area contributed by atoms with Crippen LogP contribution < -0.4 is 5.32 Å². The van der Waals surface area contributed by atoms with Gasteiger partial charge in [-0.25, -0.2) is 4.63 Å². The summed E-state index contributed by atoms with van der Waals surface area (Å²) in [6.07, 6.45) is 2.45. The lowest BCUT2D eigenvalue weighted by atomic mass is 9.98. The molecule has 1 aromatic carbocycles. The third-order valence-electron chi connectivity index (χ3n) is 5.39. The molecule has 0 unspecified atom stereocenters. The summed E-state index contributed by atoms with van der Waals surface area (Å²) < 4.78 is 4.65. The summed E-state index contributed by atoms with van der Waals surface area (Å²) in [5.41, 5.74) is 1.78. The van der Waals surface area contributed by atoms with E-state index in [1.165, 1.54) is 0 Å². The monoisotopic (exact) mass is 388 g/mol. The fraction of sp³-hybridized carbons (Fsp3) is 0.474. The zero-order valence-corrected chi connectivity index (χ0v) is 15.8. The third kappa shape index (κ3) is 3.98. The second kappa shape index (κ2) is 7.31. The van der Waals surface area contributed by atoms with Gasteiger partial charge in [0.1, 0.15) is 11.4 Å². The third-order valence-corrected chi connectivity index (χ3v) is 5.64. The Balaban J connectivity index is 1.42. The zero-order chi connectivity index (χ0) is 19.0. The molecule has 4 rings (SSSR count). The first-order chi connectivity index (χ1) is 13.0. The van der Waals surface area contributed by atoms with Crippen molar-refractivity contribution in [2.75, 3.05) is 13.1 Å². The molecule has 0 radical (unpaired) electrons. The van der Waals surface area contributed by atoms with Gasteiger partial charge in [-0.2, -0.15) is 0 Å².